The van der Waals surface area contributed by atoms with E-state index < -0.39 is 47.1 Å². The minimum atomic E-state index is -1.17. The number of rotatable bonds is 28. The number of hydrogen-bond donors (Lipinski definition) is 6. The third-order valence-electron chi connectivity index (χ3n) is 20.4. The Hall–Kier alpha value is -17.0. The van der Waals surface area contributed by atoms with Crippen LogP contribution < -0.4 is 45.3 Å². The summed E-state index contributed by atoms with van der Waals surface area (Å²) in [5.74, 6) is 5.91. The maximum atomic E-state index is 13.1. The number of carbonyl (C=O) groups excluding carboxylic acids is 1. The first-order chi connectivity index (χ1) is 62.3. The lowest BCUT2D eigenvalue weighted by molar-refractivity contribution is -0.123. The predicted molar refractivity (Wildman–Crippen MR) is 456 cm³/mol. The van der Waals surface area contributed by atoms with Crippen LogP contribution in [0.4, 0.5) is 0 Å². The number of benzene rings is 6. The van der Waals surface area contributed by atoms with Crippen molar-refractivity contribution in [3.63, 3.8) is 0 Å². The molecule has 0 radical (unpaired) electrons. The molecule has 1 aliphatic rings. The number of nitrogens with one attached hydrogen (secondary N) is 4. The lowest BCUT2D eigenvalue weighted by atomic mass is 10.0. The van der Waals surface area contributed by atoms with Gasteiger partial charge in [0.05, 0.1) is 16.2 Å². The van der Waals surface area contributed by atoms with Crippen molar-refractivity contribution in [2.75, 3.05) is 6.54 Å². The standard InChI is InChI=1S/C29H22N6O6.C28H22O10.C21H20N8O4.C10H14N4O3/c1-15-9-20-19-5-8-23(37-12-17-3-6-24(39-17)22-11-31-35-33-22)16(2)27(19)41-29(36)21(20)10-26(15)38-13-18-4-7-25(40-18)28-30-14-32-34-28;1-13-10-18-17-5-7-20(34-12-16-4-6-22(36-16)26(29)30)14(2)25(17)38-28(33)19(18)11-24(13)35-15(3)21-8-9-23(37-21)27(31)32;1-9-7-14-13-5-6-16(31-11(3)19-22-26-27-23-19)10(2)18(13)33-21(30)15(14)8-17(9)32-12(4)20-24-28-29-25-20;1-4-9(7(2)5-16-6-15)17-8(3)10-11-13-14-12-10/h3-10,14H,11-13H2,1-2H3,(H,30,32,34);4-11,15H,12H2,1-3H3,(H,29,30)(H,31,32);5-8,11-12H,1-4H3,(H,22,23,26,27)(H,24,25,28,29);4-6,8H,1-3H3,(H,11,12,13,14)/b;;;7-5+,9-4+. The lowest BCUT2D eigenvalue weighted by Crippen LogP contribution is -2.08. The van der Waals surface area contributed by atoms with Gasteiger partial charge in [-0.25, -0.2) is 29.0 Å². The number of furan rings is 4. The van der Waals surface area contributed by atoms with Gasteiger partial charge in [-0.05, 0) is 232 Å². The zero-order valence-electron chi connectivity index (χ0n) is 70.7. The minimum Gasteiger partial charge on any atom is -0.485 e. The van der Waals surface area contributed by atoms with Gasteiger partial charge in [-0.3, -0.25) is 9.89 Å². The molecule has 6 N–H and O–H groups in total. The van der Waals surface area contributed by atoms with Gasteiger partial charge in [0.25, 0.3) is 6.47 Å². The minimum absolute atomic E-state index is 0.000934. The Morgan fingerprint density at radius 3 is 1.39 bits per heavy atom. The number of nitrogens with zero attached hydrogens (tertiary/aromatic N) is 14. The predicted octanol–water partition coefficient (Wildman–Crippen LogP) is 15.9. The molecular weight excluding hydrogens is 1680 g/mol. The Morgan fingerprint density at radius 1 is 0.481 bits per heavy atom. The number of fused-ring (bicyclic) bond motifs is 9. The molecule has 0 amide bonds. The molecule has 6 aromatic carbocycles. The number of aromatic amines is 4. The fourth-order valence-corrected chi connectivity index (χ4v) is 13.7. The largest absolute Gasteiger partial charge is 0.485 e. The summed E-state index contributed by atoms with van der Waals surface area (Å²) in [6, 6.07) is 34.7. The van der Waals surface area contributed by atoms with Crippen LogP contribution in [0.5, 0.6) is 34.5 Å². The molecule has 658 valence electrons. The summed E-state index contributed by atoms with van der Waals surface area (Å²) in [6.45, 7) is 23.0. The quantitative estimate of drug-likeness (QED) is 0.00872. The summed E-state index contributed by atoms with van der Waals surface area (Å²) in [5, 5.41) is 82.8. The molecule has 41 nitrogen and oxygen atoms in total. The molecule has 0 spiro atoms. The Labute approximate surface area is 725 Å². The number of carboxylic acid groups (broad SMARTS) is 2. The molecule has 41 heteroatoms. The highest BCUT2D eigenvalue weighted by Gasteiger charge is 2.26. The first-order valence-corrected chi connectivity index (χ1v) is 39.6. The molecule has 0 saturated heterocycles. The third kappa shape index (κ3) is 19.2. The number of allylic oxidation sites excluding steroid dienone is 2. The van der Waals surface area contributed by atoms with E-state index in [1.54, 1.807) is 83.2 Å². The van der Waals surface area contributed by atoms with Gasteiger partial charge in [0.1, 0.15) is 125 Å². The summed E-state index contributed by atoms with van der Waals surface area (Å²) in [7, 11) is 0. The topological polar surface area (TPSA) is 551 Å². The maximum Gasteiger partial charge on any atom is 0.371 e. The van der Waals surface area contributed by atoms with E-state index in [9.17, 15) is 28.8 Å². The van der Waals surface area contributed by atoms with Crippen LogP contribution >= 0.6 is 0 Å². The number of hydrogen-bond acceptors (Lipinski definition) is 35. The smallest absolute Gasteiger partial charge is 0.371 e. The fourth-order valence-electron chi connectivity index (χ4n) is 13.7. The van der Waals surface area contributed by atoms with Crippen LogP contribution in [0.25, 0.3) is 76.8 Å². The van der Waals surface area contributed by atoms with Crippen molar-refractivity contribution in [2.24, 2.45) is 15.4 Å². The van der Waals surface area contributed by atoms with Gasteiger partial charge >= 0.3 is 28.8 Å². The zero-order chi connectivity index (χ0) is 90.8. The van der Waals surface area contributed by atoms with Crippen molar-refractivity contribution in [1.82, 2.24) is 77.1 Å². The Balaban J connectivity index is 0.000000137. The highest BCUT2D eigenvalue weighted by atomic mass is 16.5. The average molecular weight is 1760 g/mol. The zero-order valence-corrected chi connectivity index (χ0v) is 70.7. The van der Waals surface area contributed by atoms with Gasteiger partial charge in [0, 0.05) is 54.6 Å². The van der Waals surface area contributed by atoms with Crippen molar-refractivity contribution in [1.29, 1.82) is 0 Å². The van der Waals surface area contributed by atoms with Crippen LogP contribution in [-0.2, 0) is 34.1 Å². The van der Waals surface area contributed by atoms with E-state index in [-0.39, 0.29) is 37.4 Å². The van der Waals surface area contributed by atoms with Crippen LogP contribution in [0.3, 0.4) is 0 Å². The molecule has 4 unspecified atom stereocenters. The van der Waals surface area contributed by atoms with Crippen LogP contribution in [0.2, 0.25) is 0 Å². The van der Waals surface area contributed by atoms with Gasteiger partial charge in [-0.15, -0.1) is 35.7 Å². The maximum absolute atomic E-state index is 13.1. The molecule has 11 aromatic heterocycles. The van der Waals surface area contributed by atoms with Crippen molar-refractivity contribution < 1.29 is 93.4 Å². The number of aromatic nitrogens is 15. The van der Waals surface area contributed by atoms with Crippen LogP contribution in [-0.4, -0.2) is 118 Å². The fraction of sp³-hybridized carbons (Fsp3) is 0.227. The second-order valence-electron chi connectivity index (χ2n) is 29.1. The molecule has 0 fully saturated rings. The van der Waals surface area contributed by atoms with Crippen molar-refractivity contribution in [2.45, 2.75) is 127 Å². The van der Waals surface area contributed by atoms with Crippen LogP contribution in [0.1, 0.15) is 167 Å². The summed E-state index contributed by atoms with van der Waals surface area (Å²) < 4.78 is 85.3. The Bertz CT molecular complexity index is 7340. The monoisotopic (exact) mass is 1750 g/mol. The molecule has 17 aromatic rings. The number of H-pyrrole nitrogens is 4. The van der Waals surface area contributed by atoms with E-state index >= 15 is 0 Å². The van der Waals surface area contributed by atoms with Crippen LogP contribution in [0, 0.1) is 41.5 Å². The van der Waals surface area contributed by atoms with E-state index in [2.05, 4.69) is 97.2 Å². The first-order valence-electron chi connectivity index (χ1n) is 39.6. The van der Waals surface area contributed by atoms with E-state index in [4.69, 9.17) is 74.3 Å². The molecule has 1 aliphatic heterocycles. The molecule has 18 rings (SSSR count). The molecule has 0 saturated carbocycles. The molecule has 0 bridgehead atoms. The first kappa shape index (κ1) is 86.9. The van der Waals surface area contributed by atoms with E-state index in [1.807, 2.05) is 103 Å². The van der Waals surface area contributed by atoms with Gasteiger partial charge in [-0.1, -0.05) is 15.6 Å². The number of aromatic carboxylic acids is 2. The number of tetrazole rings is 3. The Kier molecular flexibility index (Phi) is 25.6. The molecule has 4 atom stereocenters. The molecular formula is C88H78N18O23. The number of ether oxygens (including phenoxy) is 8. The van der Waals surface area contributed by atoms with Crippen molar-refractivity contribution in [3.05, 3.63) is 274 Å². The second-order valence-corrected chi connectivity index (χ2v) is 29.1. The van der Waals surface area contributed by atoms with Gasteiger partial charge in [-0.2, -0.15) is 25.9 Å². The molecule has 0 aliphatic carbocycles. The molecule has 12 heterocycles. The normalized spacial score (nSPS) is 12.9. The highest BCUT2D eigenvalue weighted by Crippen LogP contribution is 2.40. The van der Waals surface area contributed by atoms with E-state index in [0.29, 0.717) is 183 Å². The Morgan fingerprint density at radius 2 is 0.922 bits per heavy atom. The lowest BCUT2D eigenvalue weighted by Gasteiger charge is -2.16. The SMILES string of the molecule is C/C=C(OC(C)c1nn[nH]n1)\C(C)=C\OC=O.Cc1cc2c(cc1OC(C)c1ccc(C(=O)O)o1)c(=O)oc1c(C)c(OCc3ccc(C(=O)O)o3)ccc12.Cc1cc2c(cc1OC(C)c1nn[nH]n1)c(=O)oc1c(C)c(OC(C)c3nn[nH]n3)ccc12.Cc1cc2c(cc1OCc1ccc(-c3ncn[nH]3)o1)c(=O)oc1c(C)c(OCc3ccc(C4=NN=NC4)o3)ccc12. The van der Waals surface area contributed by atoms with E-state index in [1.165, 1.54) is 36.9 Å². The summed E-state index contributed by atoms with van der Waals surface area (Å²) >= 11 is 0. The number of carboxylic acids is 2. The summed E-state index contributed by atoms with van der Waals surface area (Å²) in [5.41, 5.74) is 5.64. The third-order valence-corrected chi connectivity index (χ3v) is 20.4. The summed E-state index contributed by atoms with van der Waals surface area (Å²) in [4.78, 5) is 75.2. The van der Waals surface area contributed by atoms with Crippen molar-refractivity contribution >= 4 is 89.3 Å². The van der Waals surface area contributed by atoms with Crippen LogP contribution in [0.15, 0.2) is 212 Å². The van der Waals surface area contributed by atoms with Gasteiger partial charge in [0.15, 0.2) is 41.8 Å². The average Bonchev–Trinajstić information content (AvgIpc) is 1.23. The number of carbonyl (C=O) groups is 3. The van der Waals surface area contributed by atoms with Gasteiger partial charge in [0.2, 0.25) is 29.0 Å². The molecule has 129 heavy (non-hydrogen) atoms. The summed E-state index contributed by atoms with van der Waals surface area (Å²) in [6.07, 6.45) is 2.65. The van der Waals surface area contributed by atoms with Crippen molar-refractivity contribution in [3.8, 4) is 46.1 Å². The van der Waals surface area contributed by atoms with Gasteiger partial charge < -0.3 is 79.0 Å². The highest BCUT2D eigenvalue weighted by molar-refractivity contribution is 6.09. The second kappa shape index (κ2) is 38.0. The number of aryl methyl sites for hydroxylation is 6. The van der Waals surface area contributed by atoms with E-state index in [0.717, 1.165) is 38.2 Å².